The van der Waals surface area contributed by atoms with Gasteiger partial charge in [0.1, 0.15) is 5.69 Å². The van der Waals surface area contributed by atoms with Crippen LogP contribution in [0.15, 0.2) is 104 Å². The molecule has 0 aliphatic heterocycles. The quantitative estimate of drug-likeness (QED) is 0.170. The molecule has 9 heteroatoms. The summed E-state index contributed by atoms with van der Waals surface area (Å²) in [4.78, 5) is 9.98. The summed E-state index contributed by atoms with van der Waals surface area (Å²) in [5.74, 6) is 0.934. The largest absolute Gasteiger partial charge is 0.407 e. The Morgan fingerprint density at radius 2 is 1.48 bits per heavy atom. The van der Waals surface area contributed by atoms with Crippen molar-refractivity contribution in [2.45, 2.75) is 39.2 Å². The van der Waals surface area contributed by atoms with Gasteiger partial charge in [0.25, 0.3) is 8.32 Å². The van der Waals surface area contributed by atoms with Crippen LogP contribution in [-0.4, -0.2) is 44.3 Å². The molecule has 0 saturated heterocycles. The highest BCUT2D eigenvalue weighted by Crippen LogP contribution is 2.37. The summed E-state index contributed by atoms with van der Waals surface area (Å²) >= 11 is 6.16. The molecule has 7 nitrogen and oxygen atoms in total. The summed E-state index contributed by atoms with van der Waals surface area (Å²) in [6, 6.07) is 29.2. The van der Waals surface area contributed by atoms with Crippen LogP contribution in [0.1, 0.15) is 33.5 Å². The second-order valence-electron chi connectivity index (χ2n) is 12.5. The van der Waals surface area contributed by atoms with Gasteiger partial charge in [-0.15, -0.1) is 0 Å². The molecule has 0 fully saturated rings. The van der Waals surface area contributed by atoms with Gasteiger partial charge in [0.2, 0.25) is 0 Å². The van der Waals surface area contributed by atoms with Gasteiger partial charge in [0.05, 0.1) is 18.1 Å². The van der Waals surface area contributed by atoms with Gasteiger partial charge in [-0.2, -0.15) is 10.2 Å². The summed E-state index contributed by atoms with van der Waals surface area (Å²) in [6.45, 7) is 9.71. The predicted octanol–water partition coefficient (Wildman–Crippen LogP) is 6.60. The van der Waals surface area contributed by atoms with Crippen LogP contribution in [0.2, 0.25) is 10.1 Å². The van der Waals surface area contributed by atoms with E-state index < -0.39 is 8.32 Å². The predicted molar refractivity (Wildman–Crippen MR) is 180 cm³/mol. The Balaban J connectivity index is 1.33. The van der Waals surface area contributed by atoms with E-state index in [1.54, 1.807) is 4.68 Å². The average Bonchev–Trinajstić information content (AvgIpc) is 3.63. The normalized spacial score (nSPS) is 13.0. The first kappa shape index (κ1) is 29.9. The maximum Gasteiger partial charge on any atom is 0.261 e. The molecule has 0 N–H and O–H groups in total. The SMILES string of the molecule is C[C@@H](CO[Si](c1ccccc1)(c1ccccc1)C(C)(C)C)Cc1nc2c(-c3cnn(C)c3)nc(-c3ccc(Cl)cc3)cn2n1. The van der Waals surface area contributed by atoms with E-state index >= 15 is 0 Å². The van der Waals surface area contributed by atoms with E-state index in [-0.39, 0.29) is 11.0 Å². The number of hydrogen-bond acceptors (Lipinski definition) is 5. The van der Waals surface area contributed by atoms with Crippen LogP contribution in [0.25, 0.3) is 28.2 Å². The lowest BCUT2D eigenvalue weighted by Crippen LogP contribution is -2.66. The number of nitrogens with zero attached hydrogens (tertiary/aromatic N) is 6. The first-order valence-corrected chi connectivity index (χ1v) is 17.2. The monoisotopic (exact) mass is 620 g/mol. The minimum Gasteiger partial charge on any atom is -0.407 e. The number of aryl methyl sites for hydroxylation is 1. The highest BCUT2D eigenvalue weighted by molar-refractivity contribution is 6.99. The number of benzene rings is 3. The minimum absolute atomic E-state index is 0.0842. The fourth-order valence-electron chi connectivity index (χ4n) is 5.92. The van der Waals surface area contributed by atoms with Crippen LogP contribution >= 0.6 is 11.6 Å². The van der Waals surface area contributed by atoms with Crippen LogP contribution in [0.3, 0.4) is 0 Å². The molecule has 0 amide bonds. The zero-order valence-corrected chi connectivity index (χ0v) is 27.5. The first-order chi connectivity index (χ1) is 21.1. The molecule has 0 bridgehead atoms. The van der Waals surface area contributed by atoms with Crippen molar-refractivity contribution in [2.24, 2.45) is 13.0 Å². The third kappa shape index (κ3) is 5.85. The zero-order chi connectivity index (χ0) is 30.9. The number of fused-ring (bicyclic) bond motifs is 1. The fourth-order valence-corrected chi connectivity index (χ4v) is 10.7. The van der Waals surface area contributed by atoms with Gasteiger partial charge in [-0.05, 0) is 33.5 Å². The van der Waals surface area contributed by atoms with E-state index in [2.05, 4.69) is 93.5 Å². The number of halogens is 1. The molecular weight excluding hydrogens is 584 g/mol. The molecule has 0 saturated carbocycles. The lowest BCUT2D eigenvalue weighted by molar-refractivity contribution is 0.243. The van der Waals surface area contributed by atoms with Crippen LogP contribution in [0.4, 0.5) is 0 Å². The van der Waals surface area contributed by atoms with Crippen molar-refractivity contribution in [1.82, 2.24) is 29.4 Å². The Labute approximate surface area is 264 Å². The lowest BCUT2D eigenvalue weighted by atomic mass is 10.1. The maximum atomic E-state index is 7.20. The van der Waals surface area contributed by atoms with Gasteiger partial charge in [0.15, 0.2) is 11.5 Å². The summed E-state index contributed by atoms with van der Waals surface area (Å²) in [7, 11) is -0.740. The zero-order valence-electron chi connectivity index (χ0n) is 25.8. The van der Waals surface area contributed by atoms with E-state index in [9.17, 15) is 0 Å². The van der Waals surface area contributed by atoms with Crippen molar-refractivity contribution in [2.75, 3.05) is 6.61 Å². The van der Waals surface area contributed by atoms with Crippen molar-refractivity contribution >= 4 is 35.9 Å². The van der Waals surface area contributed by atoms with Gasteiger partial charge < -0.3 is 4.43 Å². The van der Waals surface area contributed by atoms with Crippen molar-refractivity contribution < 1.29 is 4.43 Å². The molecule has 6 aromatic rings. The molecule has 44 heavy (non-hydrogen) atoms. The highest BCUT2D eigenvalue weighted by atomic mass is 35.5. The summed E-state index contributed by atoms with van der Waals surface area (Å²) in [5, 5.41) is 12.5. The van der Waals surface area contributed by atoms with E-state index in [1.165, 1.54) is 10.4 Å². The van der Waals surface area contributed by atoms with Gasteiger partial charge in [0, 0.05) is 42.4 Å². The smallest absolute Gasteiger partial charge is 0.261 e. The van der Waals surface area contributed by atoms with E-state index in [0.717, 1.165) is 28.3 Å². The molecule has 224 valence electrons. The Kier molecular flexibility index (Phi) is 8.24. The standard InChI is InChI=1S/C35H37ClN6OSi/c1-25(24-43-44(35(2,3)4,29-12-8-6-9-13-29)30-14-10-7-11-15-30)20-32-39-34-33(27-21-37-41(5)22-27)38-31(23-42(34)40-32)26-16-18-28(36)19-17-26/h6-19,21-23,25H,20,24H2,1-5H3/t25-/m1/s1. The number of hydrogen-bond donors (Lipinski definition) is 0. The van der Waals surface area contributed by atoms with Crippen molar-refractivity contribution in [1.29, 1.82) is 0 Å². The second-order valence-corrected chi connectivity index (χ2v) is 17.2. The van der Waals surface area contributed by atoms with Crippen LogP contribution < -0.4 is 10.4 Å². The third-order valence-electron chi connectivity index (χ3n) is 8.01. The average molecular weight is 621 g/mol. The Bertz CT molecular complexity index is 1820. The molecule has 0 unspecified atom stereocenters. The molecule has 0 aliphatic rings. The van der Waals surface area contributed by atoms with Crippen LogP contribution in [0, 0.1) is 5.92 Å². The maximum absolute atomic E-state index is 7.20. The molecule has 0 spiro atoms. The Morgan fingerprint density at radius 1 is 0.841 bits per heavy atom. The first-order valence-electron chi connectivity index (χ1n) is 14.9. The number of rotatable bonds is 9. The summed E-state index contributed by atoms with van der Waals surface area (Å²) in [6.07, 6.45) is 6.35. The molecule has 0 aliphatic carbocycles. The molecular formula is C35H37ClN6OSi. The van der Waals surface area contributed by atoms with E-state index in [4.69, 9.17) is 31.1 Å². The Morgan fingerprint density at radius 3 is 2.05 bits per heavy atom. The highest BCUT2D eigenvalue weighted by Gasteiger charge is 2.50. The molecule has 3 aromatic carbocycles. The minimum atomic E-state index is -2.64. The topological polar surface area (TPSA) is 70.1 Å². The van der Waals surface area contributed by atoms with E-state index in [0.29, 0.717) is 23.7 Å². The van der Waals surface area contributed by atoms with Crippen LogP contribution in [0.5, 0.6) is 0 Å². The van der Waals surface area contributed by atoms with Gasteiger partial charge in [-0.3, -0.25) is 4.68 Å². The summed E-state index contributed by atoms with van der Waals surface area (Å²) in [5.41, 5.74) is 4.06. The molecule has 3 aromatic heterocycles. The van der Waals surface area contributed by atoms with Gasteiger partial charge in [-0.25, -0.2) is 14.5 Å². The van der Waals surface area contributed by atoms with E-state index in [1.807, 2.05) is 54.4 Å². The molecule has 6 rings (SSSR count). The van der Waals surface area contributed by atoms with Gasteiger partial charge >= 0.3 is 0 Å². The number of aromatic nitrogens is 6. The molecule has 3 heterocycles. The van der Waals surface area contributed by atoms with Crippen molar-refractivity contribution in [3.05, 3.63) is 114 Å². The summed E-state index contributed by atoms with van der Waals surface area (Å²) < 4.78 is 10.8. The van der Waals surface area contributed by atoms with Crippen molar-refractivity contribution in [3.63, 3.8) is 0 Å². The Hall–Kier alpha value is -4.11. The van der Waals surface area contributed by atoms with Crippen molar-refractivity contribution in [3.8, 4) is 22.5 Å². The van der Waals surface area contributed by atoms with Gasteiger partial charge in [-0.1, -0.05) is 112 Å². The lowest BCUT2D eigenvalue weighted by Gasteiger charge is -2.43. The molecule has 0 radical (unpaired) electrons. The second kappa shape index (κ2) is 12.1. The fraction of sp³-hybridized carbons (Fsp3) is 0.257. The third-order valence-corrected chi connectivity index (χ3v) is 13.3. The van der Waals surface area contributed by atoms with Crippen LogP contribution in [-0.2, 0) is 17.9 Å². The molecule has 1 atom stereocenters.